The summed E-state index contributed by atoms with van der Waals surface area (Å²) >= 11 is 1.66. The predicted molar refractivity (Wildman–Crippen MR) is 107 cm³/mol. The van der Waals surface area contributed by atoms with Gasteiger partial charge in [0.25, 0.3) is 0 Å². The van der Waals surface area contributed by atoms with Crippen molar-refractivity contribution in [3.05, 3.63) is 63.6 Å². The Balaban J connectivity index is 1.74. The van der Waals surface area contributed by atoms with Gasteiger partial charge in [0.1, 0.15) is 11.6 Å². The molecule has 0 radical (unpaired) electrons. The van der Waals surface area contributed by atoms with Crippen LogP contribution >= 0.6 is 11.3 Å². The van der Waals surface area contributed by atoms with Crippen LogP contribution in [0.4, 0.5) is 0 Å². The van der Waals surface area contributed by atoms with Gasteiger partial charge < -0.3 is 5.32 Å². The maximum Gasteiger partial charge on any atom is 0.222 e. The fraction of sp³-hybridized carbons (Fsp3) is 0.400. The number of carbonyl (C=O) groups is 1. The van der Waals surface area contributed by atoms with Crippen LogP contribution in [0.25, 0.3) is 0 Å². The van der Waals surface area contributed by atoms with Crippen molar-refractivity contribution in [2.24, 2.45) is 0 Å². The van der Waals surface area contributed by atoms with Crippen molar-refractivity contribution in [2.45, 2.75) is 52.6 Å². The highest BCUT2D eigenvalue weighted by Gasteiger charge is 2.21. The van der Waals surface area contributed by atoms with E-state index in [1.165, 1.54) is 5.56 Å². The van der Waals surface area contributed by atoms with E-state index in [1.54, 1.807) is 17.5 Å². The van der Waals surface area contributed by atoms with E-state index in [0.29, 0.717) is 6.42 Å². The molecular formula is C20H25N5OS. The molecule has 142 valence electrons. The number of pyridine rings is 1. The van der Waals surface area contributed by atoms with Gasteiger partial charge in [-0.2, -0.15) is 16.4 Å². The second-order valence-corrected chi connectivity index (χ2v) is 7.65. The standard InChI is InChI=1S/C20H25N5OS/c1-13-6-5-8-21-20(13)18(11-17-7-9-27-12-17)23-19(26)10-14(2)25-16(4)22-15(3)24-25/h5-9,12,14,18H,10-11H2,1-4H3,(H,23,26)/t14-,18-/m1/s1. The molecule has 2 atom stereocenters. The summed E-state index contributed by atoms with van der Waals surface area (Å²) in [6, 6.07) is 5.82. The number of aryl methyl sites for hydroxylation is 3. The summed E-state index contributed by atoms with van der Waals surface area (Å²) in [4.78, 5) is 21.6. The third-order valence-corrected chi connectivity index (χ3v) is 5.27. The Morgan fingerprint density at radius 2 is 2.11 bits per heavy atom. The molecule has 0 saturated heterocycles. The van der Waals surface area contributed by atoms with E-state index in [4.69, 9.17) is 0 Å². The number of aromatic nitrogens is 4. The van der Waals surface area contributed by atoms with Crippen LogP contribution in [0, 0.1) is 20.8 Å². The molecule has 0 fully saturated rings. The Morgan fingerprint density at radius 1 is 1.30 bits per heavy atom. The van der Waals surface area contributed by atoms with Gasteiger partial charge in [-0.15, -0.1) is 0 Å². The van der Waals surface area contributed by atoms with Gasteiger partial charge in [0.15, 0.2) is 0 Å². The summed E-state index contributed by atoms with van der Waals surface area (Å²) in [6.07, 6.45) is 2.85. The number of carbonyl (C=O) groups excluding carboxylic acids is 1. The molecule has 0 aliphatic heterocycles. The van der Waals surface area contributed by atoms with Crippen molar-refractivity contribution in [2.75, 3.05) is 0 Å². The van der Waals surface area contributed by atoms with E-state index in [1.807, 2.05) is 44.5 Å². The molecule has 0 aromatic carbocycles. The van der Waals surface area contributed by atoms with E-state index in [9.17, 15) is 4.79 Å². The topological polar surface area (TPSA) is 72.7 Å². The first-order chi connectivity index (χ1) is 12.9. The monoisotopic (exact) mass is 383 g/mol. The molecule has 0 spiro atoms. The molecule has 3 rings (SSSR count). The van der Waals surface area contributed by atoms with Gasteiger partial charge in [0.05, 0.1) is 17.8 Å². The second-order valence-electron chi connectivity index (χ2n) is 6.87. The fourth-order valence-corrected chi connectivity index (χ4v) is 3.97. The summed E-state index contributed by atoms with van der Waals surface area (Å²) < 4.78 is 1.81. The third-order valence-electron chi connectivity index (χ3n) is 4.54. The number of hydrogen-bond acceptors (Lipinski definition) is 5. The summed E-state index contributed by atoms with van der Waals surface area (Å²) in [6.45, 7) is 7.78. The van der Waals surface area contributed by atoms with E-state index < -0.39 is 0 Å². The first-order valence-corrected chi connectivity index (χ1v) is 10.00. The van der Waals surface area contributed by atoms with Gasteiger partial charge >= 0.3 is 0 Å². The van der Waals surface area contributed by atoms with Gasteiger partial charge in [0.2, 0.25) is 5.91 Å². The number of nitrogens with one attached hydrogen (secondary N) is 1. The van der Waals surface area contributed by atoms with Crippen molar-refractivity contribution in [3.63, 3.8) is 0 Å². The van der Waals surface area contributed by atoms with Gasteiger partial charge in [-0.25, -0.2) is 9.67 Å². The molecule has 1 amide bonds. The van der Waals surface area contributed by atoms with Gasteiger partial charge in [-0.3, -0.25) is 9.78 Å². The third kappa shape index (κ3) is 4.80. The van der Waals surface area contributed by atoms with Crippen LogP contribution in [0.5, 0.6) is 0 Å². The van der Waals surface area contributed by atoms with Crippen molar-refractivity contribution in [1.29, 1.82) is 0 Å². The van der Waals surface area contributed by atoms with E-state index in [0.717, 1.165) is 29.3 Å². The molecule has 1 N–H and O–H groups in total. The van der Waals surface area contributed by atoms with Crippen LogP contribution in [-0.2, 0) is 11.2 Å². The minimum absolute atomic E-state index is 0.0136. The molecule has 7 heteroatoms. The van der Waals surface area contributed by atoms with Crippen molar-refractivity contribution >= 4 is 17.2 Å². The van der Waals surface area contributed by atoms with Crippen LogP contribution < -0.4 is 5.32 Å². The lowest BCUT2D eigenvalue weighted by molar-refractivity contribution is -0.122. The summed E-state index contributed by atoms with van der Waals surface area (Å²) in [7, 11) is 0. The number of rotatable bonds is 7. The van der Waals surface area contributed by atoms with E-state index in [-0.39, 0.29) is 18.0 Å². The summed E-state index contributed by atoms with van der Waals surface area (Å²) in [5, 5.41) is 11.7. The highest BCUT2D eigenvalue weighted by Crippen LogP contribution is 2.22. The minimum atomic E-state index is -0.154. The number of nitrogens with zero attached hydrogens (tertiary/aromatic N) is 4. The van der Waals surface area contributed by atoms with Crippen molar-refractivity contribution in [1.82, 2.24) is 25.1 Å². The highest BCUT2D eigenvalue weighted by molar-refractivity contribution is 7.07. The maximum absolute atomic E-state index is 12.8. The van der Waals surface area contributed by atoms with Crippen LogP contribution in [0.2, 0.25) is 0 Å². The lowest BCUT2D eigenvalue weighted by atomic mass is 10.0. The van der Waals surface area contributed by atoms with E-state index in [2.05, 4.69) is 37.2 Å². The van der Waals surface area contributed by atoms with Gasteiger partial charge in [-0.05, 0) is 68.1 Å². The first kappa shape index (κ1) is 19.2. The van der Waals surface area contributed by atoms with Crippen molar-refractivity contribution < 1.29 is 4.79 Å². The zero-order valence-corrected chi connectivity index (χ0v) is 17.0. The quantitative estimate of drug-likeness (QED) is 0.675. The van der Waals surface area contributed by atoms with Gasteiger partial charge in [0, 0.05) is 12.6 Å². The minimum Gasteiger partial charge on any atom is -0.347 e. The van der Waals surface area contributed by atoms with Gasteiger partial charge in [-0.1, -0.05) is 6.07 Å². The molecule has 3 aromatic rings. The van der Waals surface area contributed by atoms with Crippen LogP contribution in [-0.4, -0.2) is 25.7 Å². The average Bonchev–Trinajstić information content (AvgIpc) is 3.24. The molecule has 0 aliphatic rings. The van der Waals surface area contributed by atoms with Crippen LogP contribution in [0.1, 0.15) is 53.9 Å². The lowest BCUT2D eigenvalue weighted by Crippen LogP contribution is -2.32. The number of hydrogen-bond donors (Lipinski definition) is 1. The predicted octanol–water partition coefficient (Wildman–Crippen LogP) is 3.71. The second kappa shape index (κ2) is 8.43. The Bertz CT molecular complexity index is 903. The Kier molecular flexibility index (Phi) is 6.01. The van der Waals surface area contributed by atoms with Crippen LogP contribution in [0.15, 0.2) is 35.2 Å². The molecule has 27 heavy (non-hydrogen) atoms. The SMILES string of the molecule is Cc1nc(C)n([C@H](C)CC(=O)N[C@H](Cc2ccsc2)c2ncccc2C)n1. The maximum atomic E-state index is 12.8. The number of thiophene rings is 1. The molecule has 0 bridgehead atoms. The van der Waals surface area contributed by atoms with Crippen LogP contribution in [0.3, 0.4) is 0 Å². The zero-order valence-electron chi connectivity index (χ0n) is 16.1. The molecule has 0 saturated carbocycles. The first-order valence-electron chi connectivity index (χ1n) is 9.05. The molecule has 3 aromatic heterocycles. The van der Waals surface area contributed by atoms with Crippen molar-refractivity contribution in [3.8, 4) is 0 Å². The Morgan fingerprint density at radius 3 is 2.74 bits per heavy atom. The lowest BCUT2D eigenvalue weighted by Gasteiger charge is -2.21. The molecular weight excluding hydrogens is 358 g/mol. The van der Waals surface area contributed by atoms with E-state index >= 15 is 0 Å². The summed E-state index contributed by atoms with van der Waals surface area (Å²) in [5.74, 6) is 1.53. The average molecular weight is 384 g/mol. The normalized spacial score (nSPS) is 13.3. The Labute approximate surface area is 163 Å². The smallest absolute Gasteiger partial charge is 0.222 e. The number of amides is 1. The fourth-order valence-electron chi connectivity index (χ4n) is 3.28. The Hall–Kier alpha value is -2.54. The zero-order chi connectivity index (χ0) is 19.4. The molecule has 3 heterocycles. The molecule has 0 unspecified atom stereocenters. The highest BCUT2D eigenvalue weighted by atomic mass is 32.1. The molecule has 0 aliphatic carbocycles. The summed E-state index contributed by atoms with van der Waals surface area (Å²) in [5.41, 5.74) is 3.19. The molecule has 6 nitrogen and oxygen atoms in total. The largest absolute Gasteiger partial charge is 0.347 e.